The van der Waals surface area contributed by atoms with Crippen LogP contribution in [-0.2, 0) is 0 Å². The molecule has 0 spiro atoms. The predicted octanol–water partition coefficient (Wildman–Crippen LogP) is 5.44. The van der Waals surface area contributed by atoms with Gasteiger partial charge in [-0.15, -0.1) is 6.10 Å². The average Bonchev–Trinajstić information content (AvgIpc) is 3.11. The summed E-state index contributed by atoms with van der Waals surface area (Å²) in [4.78, 5) is 0. The van der Waals surface area contributed by atoms with Crippen molar-refractivity contribution >= 4 is 0 Å². The van der Waals surface area contributed by atoms with E-state index in [1.165, 1.54) is 0 Å². The van der Waals surface area contributed by atoms with E-state index in [1.807, 2.05) is 6.92 Å². The molecule has 0 amide bonds. The third-order valence-corrected chi connectivity index (χ3v) is 7.38. The molecule has 0 aromatic rings. The Hall–Kier alpha value is -3.46. The third kappa shape index (κ3) is 2.28. The molecule has 6 unspecified atom stereocenters. The van der Waals surface area contributed by atoms with Crippen molar-refractivity contribution in [3.63, 3.8) is 0 Å². The minimum atomic E-state index is -5.10. The maximum atomic E-state index is 14.0. The second-order valence-corrected chi connectivity index (χ2v) is 8.62. The van der Waals surface area contributed by atoms with Crippen LogP contribution in [0, 0.1) is 46.5 Å². The van der Waals surface area contributed by atoms with Crippen molar-refractivity contribution in [2.75, 3.05) is 0 Å². The van der Waals surface area contributed by atoms with Crippen LogP contribution in [0.2, 0.25) is 0 Å². The Balaban J connectivity index is 0.00000121. The van der Waals surface area contributed by atoms with E-state index in [2.05, 4.69) is 0 Å². The minimum Gasteiger partial charge on any atom is -0.554 e. The Labute approximate surface area is 136 Å². The number of rotatable bonds is 2. The molecule has 0 aromatic heterocycles. The molecule has 0 aromatic carbocycles. The van der Waals surface area contributed by atoms with E-state index in [0.717, 1.165) is 19.3 Å². The zero-order chi connectivity index (χ0) is 17.7. The van der Waals surface area contributed by atoms with Gasteiger partial charge in [-0.25, -0.2) is 13.2 Å². The predicted molar refractivity (Wildman–Crippen MR) is 72.7 cm³/mol. The van der Waals surface area contributed by atoms with Crippen LogP contribution in [0.4, 0.5) is 26.3 Å². The van der Waals surface area contributed by atoms with E-state index in [4.69, 9.17) is 0 Å². The molecule has 0 heterocycles. The van der Waals surface area contributed by atoms with Gasteiger partial charge in [0.25, 0.3) is 6.18 Å². The quantitative estimate of drug-likeness (QED) is 0.222. The minimum absolute atomic E-state index is 0. The molecule has 4 saturated carbocycles. The summed E-state index contributed by atoms with van der Waals surface area (Å²) in [5, 5.41) is 9.34. The molecule has 4 aliphatic carbocycles. The maximum Gasteiger partial charge on any atom is 0.366 e. The number of aliphatic hydroxyl groups is 1. The molecule has 0 saturated heterocycles. The third-order valence-electron chi connectivity index (χ3n) is 7.38. The summed E-state index contributed by atoms with van der Waals surface area (Å²) in [7, 11) is 0. The van der Waals surface area contributed by atoms with Crippen LogP contribution in [-0.4, -0.2) is 17.5 Å². The Bertz CT molecular complexity index is 556. The van der Waals surface area contributed by atoms with Crippen LogP contribution < -0.4 is 0 Å². The second kappa shape index (κ2) is 5.27. The van der Waals surface area contributed by atoms with Crippen LogP contribution in [0.15, 0.2) is 0 Å². The van der Waals surface area contributed by atoms with Crippen molar-refractivity contribution in [1.29, 1.82) is 0 Å². The van der Waals surface area contributed by atoms with Gasteiger partial charge in [0, 0.05) is 0 Å². The van der Waals surface area contributed by atoms with Gasteiger partial charge in [0.05, 0.1) is 0 Å². The first kappa shape index (κ1) is 21.6. The number of hydrogen-bond donors (Lipinski definition) is 1. The fourth-order valence-electron chi connectivity index (χ4n) is 6.88. The Morgan fingerprint density at radius 2 is 1.59 bits per heavy atom. The van der Waals surface area contributed by atoms with Crippen molar-refractivity contribution < 1.29 is 31.4 Å². The van der Waals surface area contributed by atoms with Crippen LogP contribution in [0.5, 0.6) is 0 Å². The molecule has 27 heavy (non-hydrogen) atoms. The van der Waals surface area contributed by atoms with Gasteiger partial charge in [-0.2, -0.15) is 31.9 Å². The van der Waals surface area contributed by atoms with Crippen LogP contribution in [0.1, 0.15) is 45.4 Å². The first-order chi connectivity index (χ1) is 10.9. The van der Waals surface area contributed by atoms with Crippen molar-refractivity contribution in [1.82, 2.24) is 0 Å². The molecule has 0 aliphatic heterocycles. The Morgan fingerprint density at radius 1 is 1.04 bits per heavy atom. The van der Waals surface area contributed by atoms with Gasteiger partial charge in [0.2, 0.25) is 0 Å². The van der Waals surface area contributed by atoms with E-state index in [1.54, 1.807) is 0 Å². The van der Waals surface area contributed by atoms with Crippen molar-refractivity contribution in [3.8, 4) is 0 Å². The molecule has 4 fully saturated rings. The van der Waals surface area contributed by atoms with Crippen LogP contribution >= 0.6 is 0 Å². The summed E-state index contributed by atoms with van der Waals surface area (Å²) in [6.07, 6.45) is -10.4. The molecule has 1 nitrogen and oxygen atoms in total. The van der Waals surface area contributed by atoms with Gasteiger partial charge in [-0.1, -0.05) is 48.9 Å². The van der Waals surface area contributed by atoms with E-state index in [-0.39, 0.29) is 36.5 Å². The van der Waals surface area contributed by atoms with Gasteiger partial charge in [0.1, 0.15) is 0 Å². The van der Waals surface area contributed by atoms with Crippen molar-refractivity contribution in [2.45, 2.75) is 57.8 Å². The van der Waals surface area contributed by atoms with E-state index in [9.17, 15) is 31.4 Å². The summed E-state index contributed by atoms with van der Waals surface area (Å²) in [6, 6.07) is 0. The molecule has 4 rings (SSSR count). The Kier molecular flexibility index (Phi) is 4.21. The first-order valence-electron chi connectivity index (χ1n) is 8.44. The van der Waals surface area contributed by atoms with Gasteiger partial charge in [-0.05, 0) is 12.3 Å². The molecule has 1 N–H and O–H groups in total. The number of hydrogen-bond acceptors (Lipinski definition) is 1. The summed E-state index contributed by atoms with van der Waals surface area (Å²) >= 11 is 0. The number of fused-ring (bicyclic) bond motifs is 9. The second-order valence-electron chi connectivity index (χ2n) is 8.62. The van der Waals surface area contributed by atoms with Gasteiger partial charge < -0.3 is 5.11 Å². The average molecular weight is 1160 g/mol. The molecular formula is C17H20F6ORf3-2. The van der Waals surface area contributed by atoms with Crippen molar-refractivity contribution in [2.24, 2.45) is 34.5 Å². The van der Waals surface area contributed by atoms with Gasteiger partial charge in [0.15, 0.2) is 0 Å². The summed E-state index contributed by atoms with van der Waals surface area (Å²) in [5.74, 6) is 0.853. The molecule has 4 bridgehead atoms. The first-order valence-corrected chi connectivity index (χ1v) is 8.44. The van der Waals surface area contributed by atoms with E-state index < -0.39 is 35.7 Å². The number of halogens is 6. The standard InChI is InChI=1S/C17H20F6O.3Rf/c1-14-5-10(12-8-2-3-9(4-8)13(12)14)15(7-14,17(21,22)23)6-11(24)16(18,19)20;;;/h8-9,12-13,24H,2-7H2,1H3;;;/q-2;;;. The summed E-state index contributed by atoms with van der Waals surface area (Å²) in [6.45, 7) is 1.82. The molecule has 6 atom stereocenters. The SMILES string of the molecule is CC12C[C-](C3C4CCC(C4)C31)C(C[C-](O)C(F)(F)F)(C(F)(F)F)C2.[Rf].[Rf].[Rf]. The largest absolute Gasteiger partial charge is 0.554 e. The van der Waals surface area contributed by atoms with E-state index in [0.29, 0.717) is 5.92 Å². The van der Waals surface area contributed by atoms with Crippen LogP contribution in [0.25, 0.3) is 0 Å². The van der Waals surface area contributed by atoms with Gasteiger partial charge >= 0.3 is 6.18 Å². The number of aliphatic hydroxyl groups excluding tert-OH is 1. The van der Waals surface area contributed by atoms with Crippen molar-refractivity contribution in [3.05, 3.63) is 12.0 Å². The number of alkyl halides is 6. The molecule has 144 valence electrons. The molecular weight excluding hydrogens is 1140 g/mol. The molecule has 0 radical (unpaired) electrons. The normalized spacial score (nSPS) is 42.6. The molecule has 10 heteroatoms. The Morgan fingerprint density at radius 3 is 2.11 bits per heavy atom. The van der Waals surface area contributed by atoms with Gasteiger partial charge in [-0.3, -0.25) is 5.92 Å². The topological polar surface area (TPSA) is 20.2 Å². The molecule has 4 aliphatic rings. The summed E-state index contributed by atoms with van der Waals surface area (Å²) < 4.78 is 80.2. The zero-order valence-electron chi connectivity index (χ0n) is 15.4. The smallest absolute Gasteiger partial charge is 0.366 e. The monoisotopic (exact) mass is 1160 g/mol. The fraction of sp³-hybridized carbons (Fsp3) is 0.882. The van der Waals surface area contributed by atoms with E-state index >= 15 is 0 Å². The maximum absolute atomic E-state index is 14.0. The summed E-state index contributed by atoms with van der Waals surface area (Å²) in [5.41, 5.74) is -3.09. The zero-order valence-corrected chi connectivity index (χ0v) is 34.6. The fourth-order valence-corrected chi connectivity index (χ4v) is 6.88. The van der Waals surface area contributed by atoms with Crippen LogP contribution in [0.3, 0.4) is 0 Å².